The van der Waals surface area contributed by atoms with Gasteiger partial charge in [-0.3, -0.25) is 0 Å². The maximum absolute atomic E-state index is 2.65. The topological polar surface area (TPSA) is 0 Å². The minimum atomic E-state index is -2.37. The number of allylic oxidation sites excluding steroid dienone is 4. The van der Waals surface area contributed by atoms with Gasteiger partial charge in [0.05, 0.1) is 0 Å². The fraction of sp³-hybridized carbons (Fsp3) is 0.256. The van der Waals surface area contributed by atoms with Crippen molar-refractivity contribution >= 4 is 3.21 Å². The van der Waals surface area contributed by atoms with E-state index in [0.717, 1.165) is 0 Å². The van der Waals surface area contributed by atoms with Gasteiger partial charge >= 0.3 is 250 Å². The first-order chi connectivity index (χ1) is 19.3. The van der Waals surface area contributed by atoms with Crippen molar-refractivity contribution in [2.75, 3.05) is 0 Å². The molecule has 2 aliphatic carbocycles. The molecule has 0 saturated heterocycles. The van der Waals surface area contributed by atoms with Crippen LogP contribution in [0.15, 0.2) is 118 Å². The van der Waals surface area contributed by atoms with Gasteiger partial charge in [-0.1, -0.05) is 0 Å². The van der Waals surface area contributed by atoms with Crippen LogP contribution in [-0.2, 0) is 21.3 Å². The van der Waals surface area contributed by atoms with Crippen molar-refractivity contribution in [2.24, 2.45) is 11.3 Å². The Bertz CT molecular complexity index is 1570. The minimum absolute atomic E-state index is 0.178. The monoisotopic (exact) mass is 598 g/mol. The quantitative estimate of drug-likeness (QED) is 0.214. The third-order valence-corrected chi connectivity index (χ3v) is 17.2. The van der Waals surface area contributed by atoms with Gasteiger partial charge in [0, 0.05) is 0 Å². The van der Waals surface area contributed by atoms with E-state index in [1.54, 1.807) is 17.6 Å². The summed E-state index contributed by atoms with van der Waals surface area (Å²) >= 11 is -2.37. The number of rotatable bonds is 5. The Morgan fingerprint density at radius 3 is 1.60 bits per heavy atom. The molecule has 0 N–H and O–H groups in total. The summed E-state index contributed by atoms with van der Waals surface area (Å²) in [5.41, 5.74) is 13.0. The second kappa shape index (κ2) is 10.8. The number of benzene rings is 4. The van der Waals surface area contributed by atoms with Gasteiger partial charge in [0.15, 0.2) is 0 Å². The Morgan fingerprint density at radius 2 is 1.18 bits per heavy atom. The van der Waals surface area contributed by atoms with Crippen molar-refractivity contribution in [3.63, 3.8) is 0 Å². The Labute approximate surface area is 248 Å². The fourth-order valence-corrected chi connectivity index (χ4v) is 15.5. The molecule has 0 spiro atoms. The van der Waals surface area contributed by atoms with E-state index in [9.17, 15) is 0 Å². The third-order valence-electron chi connectivity index (χ3n) is 8.76. The number of hydrogen-bond donors (Lipinski definition) is 0. The average Bonchev–Trinajstić information content (AvgIpc) is 3.53. The predicted octanol–water partition coefficient (Wildman–Crippen LogP) is 10.8. The molecular formula is C39H40Zr. The first-order valence-corrected chi connectivity index (χ1v) is 18.6. The molecule has 0 bridgehead atoms. The zero-order chi connectivity index (χ0) is 28.0. The van der Waals surface area contributed by atoms with Crippen molar-refractivity contribution < 1.29 is 21.3 Å². The second-order valence-corrected chi connectivity index (χ2v) is 20.0. The summed E-state index contributed by atoms with van der Waals surface area (Å²) in [5.74, 6) is 0.570. The molecule has 0 heterocycles. The van der Waals surface area contributed by atoms with Crippen molar-refractivity contribution in [1.82, 2.24) is 0 Å². The Hall–Kier alpha value is -2.89. The Kier molecular flexibility index (Phi) is 7.39. The number of fused-ring (bicyclic) bond motifs is 3. The second-order valence-electron chi connectivity index (χ2n) is 12.7. The third kappa shape index (κ3) is 4.92. The molecule has 6 rings (SSSR count). The van der Waals surface area contributed by atoms with E-state index < -0.39 is 21.3 Å². The molecule has 0 saturated carbocycles. The summed E-state index contributed by atoms with van der Waals surface area (Å²) in [4.78, 5) is 0. The summed E-state index contributed by atoms with van der Waals surface area (Å²) in [6.45, 7) is 14.4. The van der Waals surface area contributed by atoms with Gasteiger partial charge in [-0.05, 0) is 0 Å². The standard InChI is InChI=1S/C25H17.C11H17.C3H6.Zr/c1-3-7-18(8-4-1)20-11-13-24-22(15-20)17-23-16-21(12-14-25(23)24)19-9-5-2-6-10-19;1-5-9-6-7-10(8-9)11(2,3)4;1-3-2;/h1-17H;7-9H,5H2,1-4H3;1-2H3;. The summed E-state index contributed by atoms with van der Waals surface area (Å²) in [6, 6.07) is 36.4. The van der Waals surface area contributed by atoms with Gasteiger partial charge in [0.25, 0.3) is 0 Å². The van der Waals surface area contributed by atoms with Crippen molar-refractivity contribution in [3.05, 3.63) is 129 Å². The summed E-state index contributed by atoms with van der Waals surface area (Å²) in [7, 11) is 0. The SMILES string of the molecule is CCC1C=C(C(C)(C)C)C=[C]1[Zr](=[C](C)C)[CH]1c2cc(-c3ccccc3)ccc2-c2ccc(-c3ccccc3)cc21. The van der Waals surface area contributed by atoms with Crippen LogP contribution >= 0.6 is 0 Å². The van der Waals surface area contributed by atoms with Gasteiger partial charge in [0.2, 0.25) is 0 Å². The first kappa shape index (κ1) is 27.3. The molecular weight excluding hydrogens is 560 g/mol. The van der Waals surface area contributed by atoms with Crippen molar-refractivity contribution in [3.8, 4) is 33.4 Å². The molecule has 1 unspecified atom stereocenters. The van der Waals surface area contributed by atoms with Crippen LogP contribution in [0.1, 0.15) is 62.7 Å². The van der Waals surface area contributed by atoms with Crippen LogP contribution in [0, 0.1) is 11.3 Å². The average molecular weight is 600 g/mol. The molecule has 4 aromatic carbocycles. The summed E-state index contributed by atoms with van der Waals surface area (Å²) in [6.07, 6.45) is 6.44. The zero-order valence-electron chi connectivity index (χ0n) is 24.8. The summed E-state index contributed by atoms with van der Waals surface area (Å²) in [5, 5.41) is 0. The van der Waals surface area contributed by atoms with Crippen molar-refractivity contribution in [2.45, 2.75) is 51.6 Å². The van der Waals surface area contributed by atoms with Crippen LogP contribution in [0.3, 0.4) is 0 Å². The molecule has 4 aromatic rings. The van der Waals surface area contributed by atoms with Crippen LogP contribution in [-0.4, -0.2) is 3.21 Å². The van der Waals surface area contributed by atoms with Gasteiger partial charge in [0.1, 0.15) is 0 Å². The van der Waals surface area contributed by atoms with Crippen molar-refractivity contribution in [1.29, 1.82) is 0 Å². The van der Waals surface area contributed by atoms with Crippen LogP contribution in [0.2, 0.25) is 0 Å². The van der Waals surface area contributed by atoms with E-state index in [0.29, 0.717) is 9.54 Å². The van der Waals surface area contributed by atoms with Gasteiger partial charge in [-0.15, -0.1) is 0 Å². The molecule has 1 heteroatoms. The van der Waals surface area contributed by atoms with E-state index in [4.69, 9.17) is 0 Å². The summed E-state index contributed by atoms with van der Waals surface area (Å²) < 4.78 is 3.96. The van der Waals surface area contributed by atoms with E-state index in [2.05, 4.69) is 151 Å². The van der Waals surface area contributed by atoms with Gasteiger partial charge < -0.3 is 0 Å². The van der Waals surface area contributed by atoms with Gasteiger partial charge in [-0.25, -0.2) is 0 Å². The van der Waals surface area contributed by atoms with E-state index in [1.807, 2.05) is 0 Å². The molecule has 0 radical (unpaired) electrons. The molecule has 40 heavy (non-hydrogen) atoms. The molecule has 2 aliphatic rings. The molecule has 200 valence electrons. The van der Waals surface area contributed by atoms with Crippen LogP contribution < -0.4 is 0 Å². The van der Waals surface area contributed by atoms with Crippen LogP contribution in [0.5, 0.6) is 0 Å². The predicted molar refractivity (Wildman–Crippen MR) is 170 cm³/mol. The molecule has 0 aromatic heterocycles. The first-order valence-electron chi connectivity index (χ1n) is 14.8. The van der Waals surface area contributed by atoms with Crippen LogP contribution in [0.4, 0.5) is 0 Å². The molecule has 0 aliphatic heterocycles. The molecule has 0 amide bonds. The fourth-order valence-electron chi connectivity index (χ4n) is 6.65. The van der Waals surface area contributed by atoms with E-state index in [-0.39, 0.29) is 5.41 Å². The van der Waals surface area contributed by atoms with Crippen LogP contribution in [0.25, 0.3) is 33.4 Å². The van der Waals surface area contributed by atoms with E-state index >= 15 is 0 Å². The Balaban J connectivity index is 1.58. The maximum atomic E-state index is 2.65. The van der Waals surface area contributed by atoms with E-state index in [1.165, 1.54) is 45.4 Å². The number of hydrogen-bond acceptors (Lipinski definition) is 0. The molecule has 0 nitrogen and oxygen atoms in total. The molecule has 1 atom stereocenters. The Morgan fingerprint density at radius 1 is 0.675 bits per heavy atom. The van der Waals surface area contributed by atoms with Gasteiger partial charge in [-0.2, -0.15) is 0 Å². The zero-order valence-corrected chi connectivity index (χ0v) is 27.2. The normalized spacial score (nSPS) is 16.3. The molecule has 0 fully saturated rings.